The van der Waals surface area contributed by atoms with E-state index in [4.69, 9.17) is 0 Å². The molecule has 0 atom stereocenters. The van der Waals surface area contributed by atoms with Crippen molar-refractivity contribution in [1.29, 1.82) is 0 Å². The molecule has 1 heterocycles. The zero-order valence-electron chi connectivity index (χ0n) is 11.3. The highest BCUT2D eigenvalue weighted by molar-refractivity contribution is 5.93. The smallest absolute Gasteiger partial charge is 0.269 e. The number of H-pyrrole nitrogens is 1. The predicted octanol–water partition coefficient (Wildman–Crippen LogP) is 2.85. The average Bonchev–Trinajstić information content (AvgIpc) is 2.89. The van der Waals surface area contributed by atoms with Crippen LogP contribution < -0.4 is 5.32 Å². The van der Waals surface area contributed by atoms with Gasteiger partial charge in [-0.2, -0.15) is 5.10 Å². The highest BCUT2D eigenvalue weighted by atomic mass is 16.1. The van der Waals surface area contributed by atoms with E-state index in [1.807, 2.05) is 30.3 Å². The summed E-state index contributed by atoms with van der Waals surface area (Å²) in [5.74, 6) is 0.484. The minimum Gasteiger partial charge on any atom is -0.351 e. The molecule has 0 radical (unpaired) electrons. The van der Waals surface area contributed by atoms with E-state index < -0.39 is 0 Å². The Hall–Kier alpha value is -2.10. The molecule has 1 aromatic heterocycles. The molecule has 2 N–H and O–H groups in total. The lowest BCUT2D eigenvalue weighted by atomic mass is 10.1. The third-order valence-electron chi connectivity index (χ3n) is 2.90. The van der Waals surface area contributed by atoms with Crippen LogP contribution in [0.3, 0.4) is 0 Å². The number of carbonyl (C=O) groups is 1. The van der Waals surface area contributed by atoms with Crippen molar-refractivity contribution in [2.24, 2.45) is 5.92 Å². The van der Waals surface area contributed by atoms with Gasteiger partial charge in [0.15, 0.2) is 0 Å². The second-order valence-corrected chi connectivity index (χ2v) is 4.97. The Balaban J connectivity index is 1.99. The summed E-state index contributed by atoms with van der Waals surface area (Å²) in [7, 11) is 0. The zero-order chi connectivity index (χ0) is 13.7. The number of benzene rings is 1. The average molecular weight is 257 g/mol. The van der Waals surface area contributed by atoms with E-state index >= 15 is 0 Å². The molecule has 2 aromatic rings. The molecule has 0 aliphatic heterocycles. The van der Waals surface area contributed by atoms with Crippen LogP contribution in [0.2, 0.25) is 0 Å². The highest BCUT2D eigenvalue weighted by Gasteiger charge is 2.10. The maximum Gasteiger partial charge on any atom is 0.269 e. The van der Waals surface area contributed by atoms with Crippen LogP contribution in [0.1, 0.15) is 30.8 Å². The Morgan fingerprint density at radius 2 is 2.05 bits per heavy atom. The van der Waals surface area contributed by atoms with Gasteiger partial charge in [-0.25, -0.2) is 0 Å². The minimum absolute atomic E-state index is 0.102. The molecule has 19 heavy (non-hydrogen) atoms. The molecular weight excluding hydrogens is 238 g/mol. The van der Waals surface area contributed by atoms with Crippen LogP contribution in [0.4, 0.5) is 0 Å². The van der Waals surface area contributed by atoms with Gasteiger partial charge >= 0.3 is 0 Å². The van der Waals surface area contributed by atoms with Crippen molar-refractivity contribution in [3.05, 3.63) is 42.1 Å². The van der Waals surface area contributed by atoms with Crippen LogP contribution in [0, 0.1) is 5.92 Å². The number of rotatable bonds is 5. The molecule has 1 aromatic carbocycles. The third kappa shape index (κ3) is 3.68. The van der Waals surface area contributed by atoms with Gasteiger partial charge in [0.2, 0.25) is 0 Å². The Labute approximate surface area is 113 Å². The predicted molar refractivity (Wildman–Crippen MR) is 75.8 cm³/mol. The first kappa shape index (κ1) is 13.3. The van der Waals surface area contributed by atoms with Gasteiger partial charge in [0, 0.05) is 12.1 Å². The van der Waals surface area contributed by atoms with Crippen LogP contribution in [-0.2, 0) is 0 Å². The molecule has 0 fully saturated rings. The standard InChI is InChI=1S/C15H19N3O/c1-11(2)8-9-16-15(19)14-10-13(17-18-14)12-6-4-3-5-7-12/h3-7,10-11H,8-9H2,1-2H3,(H,16,19)(H,17,18). The molecule has 4 heteroatoms. The largest absolute Gasteiger partial charge is 0.351 e. The SMILES string of the molecule is CC(C)CCNC(=O)c1cc(-c2ccccc2)n[nH]1. The summed E-state index contributed by atoms with van der Waals surface area (Å²) in [6.07, 6.45) is 0.978. The maximum absolute atomic E-state index is 11.9. The molecule has 0 unspecified atom stereocenters. The topological polar surface area (TPSA) is 57.8 Å². The van der Waals surface area contributed by atoms with Gasteiger partial charge in [0.1, 0.15) is 5.69 Å². The van der Waals surface area contributed by atoms with Crippen LogP contribution in [0.25, 0.3) is 11.3 Å². The Kier molecular flexibility index (Phi) is 4.34. The number of aromatic amines is 1. The fraction of sp³-hybridized carbons (Fsp3) is 0.333. The Morgan fingerprint density at radius 1 is 1.32 bits per heavy atom. The summed E-state index contributed by atoms with van der Waals surface area (Å²) in [5, 5.41) is 9.83. The van der Waals surface area contributed by atoms with Gasteiger partial charge in [-0.1, -0.05) is 44.2 Å². The minimum atomic E-state index is -0.102. The number of hydrogen-bond acceptors (Lipinski definition) is 2. The van der Waals surface area contributed by atoms with E-state index in [2.05, 4.69) is 29.4 Å². The van der Waals surface area contributed by atoms with Gasteiger partial charge in [-0.3, -0.25) is 9.89 Å². The maximum atomic E-state index is 11.9. The molecule has 0 saturated carbocycles. The van der Waals surface area contributed by atoms with Crippen molar-refractivity contribution in [2.75, 3.05) is 6.54 Å². The van der Waals surface area contributed by atoms with Crippen molar-refractivity contribution in [3.63, 3.8) is 0 Å². The highest BCUT2D eigenvalue weighted by Crippen LogP contribution is 2.16. The van der Waals surface area contributed by atoms with Gasteiger partial charge in [0.05, 0.1) is 5.69 Å². The van der Waals surface area contributed by atoms with Gasteiger partial charge in [-0.05, 0) is 18.4 Å². The van der Waals surface area contributed by atoms with Gasteiger partial charge < -0.3 is 5.32 Å². The summed E-state index contributed by atoms with van der Waals surface area (Å²) >= 11 is 0. The number of hydrogen-bond donors (Lipinski definition) is 2. The monoisotopic (exact) mass is 257 g/mol. The summed E-state index contributed by atoms with van der Waals surface area (Å²) in [4.78, 5) is 11.9. The molecule has 2 rings (SSSR count). The van der Waals surface area contributed by atoms with Gasteiger partial charge in [0.25, 0.3) is 5.91 Å². The molecule has 0 saturated heterocycles. The quantitative estimate of drug-likeness (QED) is 0.865. The van der Waals surface area contributed by atoms with Gasteiger partial charge in [-0.15, -0.1) is 0 Å². The summed E-state index contributed by atoms with van der Waals surface area (Å²) < 4.78 is 0. The summed E-state index contributed by atoms with van der Waals surface area (Å²) in [6.45, 7) is 4.96. The van der Waals surface area contributed by atoms with Crippen LogP contribution >= 0.6 is 0 Å². The number of nitrogens with zero attached hydrogens (tertiary/aromatic N) is 1. The molecule has 0 aliphatic carbocycles. The van der Waals surface area contributed by atoms with Crippen molar-refractivity contribution < 1.29 is 4.79 Å². The second kappa shape index (κ2) is 6.18. The molecule has 100 valence electrons. The van der Waals surface area contributed by atoms with Crippen LogP contribution in [0.15, 0.2) is 36.4 Å². The van der Waals surface area contributed by atoms with Crippen LogP contribution in [0.5, 0.6) is 0 Å². The molecule has 1 amide bonds. The molecule has 0 bridgehead atoms. The Morgan fingerprint density at radius 3 is 2.74 bits per heavy atom. The lowest BCUT2D eigenvalue weighted by Crippen LogP contribution is -2.25. The number of aromatic nitrogens is 2. The lowest BCUT2D eigenvalue weighted by Gasteiger charge is -2.05. The fourth-order valence-corrected chi connectivity index (χ4v) is 1.76. The first-order valence-electron chi connectivity index (χ1n) is 6.56. The number of amides is 1. The van der Waals surface area contributed by atoms with E-state index in [0.29, 0.717) is 18.2 Å². The first-order valence-corrected chi connectivity index (χ1v) is 6.56. The molecular formula is C15H19N3O. The molecule has 4 nitrogen and oxygen atoms in total. The summed E-state index contributed by atoms with van der Waals surface area (Å²) in [5.41, 5.74) is 2.29. The fourth-order valence-electron chi connectivity index (χ4n) is 1.76. The second-order valence-electron chi connectivity index (χ2n) is 4.97. The number of carbonyl (C=O) groups excluding carboxylic acids is 1. The third-order valence-corrected chi connectivity index (χ3v) is 2.90. The molecule has 0 spiro atoms. The normalized spacial score (nSPS) is 10.7. The summed E-state index contributed by atoms with van der Waals surface area (Å²) in [6, 6.07) is 11.6. The first-order chi connectivity index (χ1) is 9.16. The van der Waals surface area contributed by atoms with E-state index in [-0.39, 0.29) is 5.91 Å². The van der Waals surface area contributed by atoms with Crippen molar-refractivity contribution in [1.82, 2.24) is 15.5 Å². The lowest BCUT2D eigenvalue weighted by molar-refractivity contribution is 0.0947. The van der Waals surface area contributed by atoms with E-state index in [1.54, 1.807) is 6.07 Å². The van der Waals surface area contributed by atoms with E-state index in [1.165, 1.54) is 0 Å². The zero-order valence-corrected chi connectivity index (χ0v) is 11.3. The Bertz CT molecular complexity index is 531. The van der Waals surface area contributed by atoms with E-state index in [9.17, 15) is 4.79 Å². The number of nitrogens with one attached hydrogen (secondary N) is 2. The van der Waals surface area contributed by atoms with Crippen molar-refractivity contribution >= 4 is 5.91 Å². The van der Waals surface area contributed by atoms with Crippen molar-refractivity contribution in [2.45, 2.75) is 20.3 Å². The van der Waals surface area contributed by atoms with E-state index in [0.717, 1.165) is 17.7 Å². The molecule has 0 aliphatic rings. The van der Waals surface area contributed by atoms with Crippen molar-refractivity contribution in [3.8, 4) is 11.3 Å². The van der Waals surface area contributed by atoms with Crippen LogP contribution in [-0.4, -0.2) is 22.6 Å².